The van der Waals surface area contributed by atoms with E-state index in [-0.39, 0.29) is 11.9 Å². The Morgan fingerprint density at radius 2 is 2.50 bits per heavy atom. The summed E-state index contributed by atoms with van der Waals surface area (Å²) in [6.07, 6.45) is 0.907. The highest BCUT2D eigenvalue weighted by Crippen LogP contribution is 2.06. The first-order chi connectivity index (χ1) is 5.75. The van der Waals surface area contributed by atoms with Crippen LogP contribution in [0.2, 0.25) is 0 Å². The summed E-state index contributed by atoms with van der Waals surface area (Å²) in [6, 6.07) is 0.285. The summed E-state index contributed by atoms with van der Waals surface area (Å²) < 4.78 is 4.95. The third-order valence-electron chi connectivity index (χ3n) is 2.15. The van der Waals surface area contributed by atoms with Crippen LogP contribution < -0.4 is 5.32 Å². The fourth-order valence-corrected chi connectivity index (χ4v) is 1.32. The molecule has 0 aliphatic carbocycles. The first-order valence-corrected chi connectivity index (χ1v) is 4.25. The Labute approximate surface area is 72.9 Å². The number of carbonyl (C=O) groups is 1. The average Bonchev–Trinajstić information content (AvgIpc) is 2.47. The van der Waals surface area contributed by atoms with Gasteiger partial charge in [-0.2, -0.15) is 0 Å². The monoisotopic (exact) mass is 172 g/mol. The lowest BCUT2D eigenvalue weighted by atomic mass is 10.2. The van der Waals surface area contributed by atoms with Gasteiger partial charge in [0.15, 0.2) is 0 Å². The van der Waals surface area contributed by atoms with Crippen LogP contribution in [0.3, 0.4) is 0 Å². The quantitative estimate of drug-likeness (QED) is 0.638. The molecule has 12 heavy (non-hydrogen) atoms. The maximum atomic E-state index is 11.2. The Bertz CT molecular complexity index is 161. The zero-order chi connectivity index (χ0) is 8.97. The van der Waals surface area contributed by atoms with Crippen molar-refractivity contribution in [1.29, 1.82) is 0 Å². The summed E-state index contributed by atoms with van der Waals surface area (Å²) >= 11 is 0. The molecule has 1 amide bonds. The highest BCUT2D eigenvalue weighted by molar-refractivity contribution is 5.80. The fourth-order valence-electron chi connectivity index (χ4n) is 1.32. The molecule has 1 unspecified atom stereocenters. The molecule has 0 saturated carbocycles. The minimum atomic E-state index is 0.193. The van der Waals surface area contributed by atoms with Gasteiger partial charge in [0.25, 0.3) is 0 Å². The number of hydrogen-bond acceptors (Lipinski definition) is 3. The van der Waals surface area contributed by atoms with Crippen LogP contribution in [-0.4, -0.2) is 43.8 Å². The summed E-state index contributed by atoms with van der Waals surface area (Å²) in [5, 5.41) is 3.01. The van der Waals surface area contributed by atoms with Crippen LogP contribution in [0.5, 0.6) is 0 Å². The first kappa shape index (κ1) is 9.48. The van der Waals surface area contributed by atoms with Crippen molar-refractivity contribution in [3.63, 3.8) is 0 Å². The largest absolute Gasteiger partial charge is 0.385 e. The van der Waals surface area contributed by atoms with Gasteiger partial charge in [0.1, 0.15) is 0 Å². The lowest BCUT2D eigenvalue weighted by Gasteiger charge is -2.22. The van der Waals surface area contributed by atoms with Crippen molar-refractivity contribution in [2.24, 2.45) is 0 Å². The van der Waals surface area contributed by atoms with Gasteiger partial charge in [-0.3, -0.25) is 10.1 Å². The minimum absolute atomic E-state index is 0.193. The Balaban J connectivity index is 2.30. The number of rotatable bonds is 4. The van der Waals surface area contributed by atoms with Gasteiger partial charge in [-0.15, -0.1) is 0 Å². The Morgan fingerprint density at radius 3 is 3.00 bits per heavy atom. The molecular weight excluding hydrogens is 156 g/mol. The van der Waals surface area contributed by atoms with Crippen molar-refractivity contribution < 1.29 is 9.53 Å². The Morgan fingerprint density at radius 1 is 1.75 bits per heavy atom. The lowest BCUT2D eigenvalue weighted by Crippen LogP contribution is -2.35. The van der Waals surface area contributed by atoms with Crippen LogP contribution >= 0.6 is 0 Å². The zero-order valence-electron chi connectivity index (χ0n) is 7.67. The van der Waals surface area contributed by atoms with Gasteiger partial charge in [-0.25, -0.2) is 0 Å². The van der Waals surface area contributed by atoms with E-state index in [0.29, 0.717) is 19.8 Å². The highest BCUT2D eigenvalue weighted by atomic mass is 16.5. The van der Waals surface area contributed by atoms with Crippen molar-refractivity contribution >= 4 is 5.91 Å². The Hall–Kier alpha value is -0.610. The van der Waals surface area contributed by atoms with Gasteiger partial charge in [-0.1, -0.05) is 0 Å². The molecule has 1 N–H and O–H groups in total. The van der Waals surface area contributed by atoms with E-state index >= 15 is 0 Å². The van der Waals surface area contributed by atoms with E-state index in [0.717, 1.165) is 6.42 Å². The second-order valence-electron chi connectivity index (χ2n) is 3.08. The number of hydrogen-bond donors (Lipinski definition) is 1. The normalized spacial score (nSPS) is 20.2. The maximum Gasteiger partial charge on any atom is 0.237 e. The molecular formula is C8H16N2O2. The molecule has 1 fully saturated rings. The molecule has 1 atom stereocenters. The predicted octanol–water partition coefficient (Wildman–Crippen LogP) is -0.199. The molecule has 0 aromatic heterocycles. The van der Waals surface area contributed by atoms with Gasteiger partial charge in [0.2, 0.25) is 5.91 Å². The van der Waals surface area contributed by atoms with Crippen molar-refractivity contribution in [1.82, 2.24) is 10.2 Å². The Kier molecular flexibility index (Phi) is 3.49. The van der Waals surface area contributed by atoms with E-state index in [1.54, 1.807) is 7.11 Å². The molecule has 1 rings (SSSR count). The van der Waals surface area contributed by atoms with Gasteiger partial charge in [0.05, 0.1) is 13.2 Å². The molecule has 1 heterocycles. The van der Waals surface area contributed by atoms with Crippen LogP contribution in [0.1, 0.15) is 13.3 Å². The summed E-state index contributed by atoms with van der Waals surface area (Å²) in [6.45, 7) is 3.93. The van der Waals surface area contributed by atoms with E-state index in [9.17, 15) is 4.79 Å². The number of amides is 1. The van der Waals surface area contributed by atoms with Crippen molar-refractivity contribution in [3.05, 3.63) is 0 Å². The van der Waals surface area contributed by atoms with Crippen molar-refractivity contribution in [2.45, 2.75) is 19.4 Å². The number of carbonyl (C=O) groups excluding carboxylic acids is 1. The van der Waals surface area contributed by atoms with Gasteiger partial charge in [-0.05, 0) is 13.3 Å². The van der Waals surface area contributed by atoms with Gasteiger partial charge < -0.3 is 9.64 Å². The fraction of sp³-hybridized carbons (Fsp3) is 0.875. The molecule has 0 bridgehead atoms. The van der Waals surface area contributed by atoms with E-state index in [1.165, 1.54) is 0 Å². The van der Waals surface area contributed by atoms with Crippen LogP contribution in [0.15, 0.2) is 0 Å². The SMILES string of the molecule is COCCC(C)N1CNCC1=O. The smallest absolute Gasteiger partial charge is 0.237 e. The molecule has 0 radical (unpaired) electrons. The van der Waals surface area contributed by atoms with E-state index in [2.05, 4.69) is 5.32 Å². The van der Waals surface area contributed by atoms with Crippen LogP contribution in [0.4, 0.5) is 0 Å². The highest BCUT2D eigenvalue weighted by Gasteiger charge is 2.23. The second kappa shape index (κ2) is 4.42. The molecule has 4 nitrogen and oxygen atoms in total. The van der Waals surface area contributed by atoms with Crippen LogP contribution in [0.25, 0.3) is 0 Å². The molecule has 1 saturated heterocycles. The third kappa shape index (κ3) is 2.19. The standard InChI is InChI=1S/C8H16N2O2/c1-7(3-4-12-2)10-6-9-5-8(10)11/h7,9H,3-6H2,1-2H3. The lowest BCUT2D eigenvalue weighted by molar-refractivity contribution is -0.128. The number of nitrogens with one attached hydrogen (secondary N) is 1. The van der Waals surface area contributed by atoms with E-state index in [1.807, 2.05) is 11.8 Å². The predicted molar refractivity (Wildman–Crippen MR) is 45.7 cm³/mol. The van der Waals surface area contributed by atoms with Gasteiger partial charge >= 0.3 is 0 Å². The van der Waals surface area contributed by atoms with Crippen LogP contribution in [-0.2, 0) is 9.53 Å². The molecule has 0 aromatic carbocycles. The van der Waals surface area contributed by atoms with Crippen molar-refractivity contribution in [2.75, 3.05) is 26.9 Å². The molecule has 0 aromatic rings. The molecule has 1 aliphatic rings. The number of ether oxygens (including phenoxy) is 1. The second-order valence-corrected chi connectivity index (χ2v) is 3.08. The number of nitrogens with zero attached hydrogens (tertiary/aromatic N) is 1. The zero-order valence-corrected chi connectivity index (χ0v) is 7.67. The van der Waals surface area contributed by atoms with Crippen LogP contribution in [0, 0.1) is 0 Å². The summed E-state index contributed by atoms with van der Waals surface area (Å²) in [4.78, 5) is 13.0. The molecule has 70 valence electrons. The summed E-state index contributed by atoms with van der Waals surface area (Å²) in [5.41, 5.74) is 0. The van der Waals surface area contributed by atoms with E-state index < -0.39 is 0 Å². The van der Waals surface area contributed by atoms with Gasteiger partial charge in [0, 0.05) is 19.8 Å². The maximum absolute atomic E-state index is 11.2. The first-order valence-electron chi connectivity index (χ1n) is 4.25. The molecule has 4 heteroatoms. The van der Waals surface area contributed by atoms with E-state index in [4.69, 9.17) is 4.74 Å². The summed E-state index contributed by atoms with van der Waals surface area (Å²) in [5.74, 6) is 0.193. The minimum Gasteiger partial charge on any atom is -0.385 e. The number of methoxy groups -OCH3 is 1. The molecule has 0 spiro atoms. The third-order valence-corrected chi connectivity index (χ3v) is 2.15. The van der Waals surface area contributed by atoms with Crippen molar-refractivity contribution in [3.8, 4) is 0 Å². The summed E-state index contributed by atoms with van der Waals surface area (Å²) in [7, 11) is 1.68. The molecule has 1 aliphatic heterocycles. The topological polar surface area (TPSA) is 41.6 Å². The average molecular weight is 172 g/mol.